The van der Waals surface area contributed by atoms with Crippen LogP contribution in [0.1, 0.15) is 16.8 Å². The first kappa shape index (κ1) is 21.3. The largest absolute Gasteiger partial charge is 0.438 e. The lowest BCUT2D eigenvalue weighted by Crippen LogP contribution is -2.40. The van der Waals surface area contributed by atoms with E-state index in [0.29, 0.717) is 69.8 Å². The Bertz CT molecular complexity index is 1120. The van der Waals surface area contributed by atoms with E-state index < -0.39 is 0 Å². The number of halogens is 1. The number of benzene rings is 2. The highest BCUT2D eigenvalue weighted by molar-refractivity contribution is 5.79. The zero-order valence-corrected chi connectivity index (χ0v) is 18.2. The normalized spacial score (nSPS) is 15.8. The van der Waals surface area contributed by atoms with E-state index in [1.165, 1.54) is 12.1 Å². The van der Waals surface area contributed by atoms with Crippen LogP contribution in [-0.4, -0.2) is 53.6 Å². The van der Waals surface area contributed by atoms with Crippen LogP contribution in [0.5, 0.6) is 11.6 Å². The maximum Gasteiger partial charge on any atom is 0.229 e. The van der Waals surface area contributed by atoms with Crippen molar-refractivity contribution in [3.05, 3.63) is 77.2 Å². The Hall–Kier alpha value is -3.52. The van der Waals surface area contributed by atoms with Gasteiger partial charge in [-0.15, -0.1) is 0 Å². The van der Waals surface area contributed by atoms with Gasteiger partial charge < -0.3 is 19.3 Å². The maximum absolute atomic E-state index is 13.4. The lowest BCUT2D eigenvalue weighted by atomic mass is 10.0. The molecule has 0 aliphatic carbocycles. The van der Waals surface area contributed by atoms with Crippen molar-refractivity contribution in [1.29, 1.82) is 0 Å². The van der Waals surface area contributed by atoms with E-state index in [9.17, 15) is 9.18 Å². The van der Waals surface area contributed by atoms with Crippen LogP contribution in [0.15, 0.2) is 54.6 Å². The summed E-state index contributed by atoms with van der Waals surface area (Å²) in [5.41, 5.74) is 2.66. The van der Waals surface area contributed by atoms with Gasteiger partial charge in [0.15, 0.2) is 0 Å². The van der Waals surface area contributed by atoms with E-state index in [-0.39, 0.29) is 11.7 Å². The van der Waals surface area contributed by atoms with Crippen LogP contribution in [0.2, 0.25) is 0 Å². The van der Waals surface area contributed by atoms with Gasteiger partial charge in [0.2, 0.25) is 17.7 Å². The number of aromatic nitrogens is 2. The van der Waals surface area contributed by atoms with Crippen molar-refractivity contribution in [2.45, 2.75) is 19.4 Å². The van der Waals surface area contributed by atoms with E-state index >= 15 is 0 Å². The Morgan fingerprint density at radius 1 is 1.00 bits per heavy atom. The van der Waals surface area contributed by atoms with Crippen molar-refractivity contribution in [2.24, 2.45) is 0 Å². The molecular formula is C25H25FN4O3. The number of rotatable bonds is 5. The zero-order valence-electron chi connectivity index (χ0n) is 18.2. The molecule has 1 amide bonds. The summed E-state index contributed by atoms with van der Waals surface area (Å²) in [5.74, 6) is 1.21. The number of carbonyl (C=O) groups excluding carboxylic acids is 1. The molecule has 2 aliphatic heterocycles. The highest BCUT2D eigenvalue weighted by Crippen LogP contribution is 2.32. The second kappa shape index (κ2) is 9.54. The fraction of sp³-hybridized carbons (Fsp3) is 0.320. The second-order valence-corrected chi connectivity index (χ2v) is 8.14. The van der Waals surface area contributed by atoms with Crippen molar-refractivity contribution in [3.8, 4) is 11.6 Å². The number of morpholine rings is 1. The molecular weight excluding hydrogens is 423 g/mol. The summed E-state index contributed by atoms with van der Waals surface area (Å²) in [6.07, 6.45) is 0.965. The Morgan fingerprint density at radius 3 is 2.52 bits per heavy atom. The van der Waals surface area contributed by atoms with Crippen LogP contribution in [0.4, 0.5) is 10.3 Å². The van der Waals surface area contributed by atoms with Crippen LogP contribution >= 0.6 is 0 Å². The number of hydrogen-bond donors (Lipinski definition) is 0. The predicted molar refractivity (Wildman–Crippen MR) is 121 cm³/mol. The van der Waals surface area contributed by atoms with Gasteiger partial charge >= 0.3 is 0 Å². The SMILES string of the molecule is O=C(Cc1ccccc1)N1CCc2nc(N3CCOCC3)nc(Oc3ccc(F)cc3)c2C1. The van der Waals surface area contributed by atoms with Gasteiger partial charge in [-0.2, -0.15) is 4.98 Å². The summed E-state index contributed by atoms with van der Waals surface area (Å²) in [4.78, 5) is 26.4. The van der Waals surface area contributed by atoms with E-state index in [1.807, 2.05) is 35.2 Å². The Kier molecular flexibility index (Phi) is 6.17. The minimum atomic E-state index is -0.334. The van der Waals surface area contributed by atoms with Crippen molar-refractivity contribution in [1.82, 2.24) is 14.9 Å². The highest BCUT2D eigenvalue weighted by Gasteiger charge is 2.28. The van der Waals surface area contributed by atoms with E-state index in [2.05, 4.69) is 4.90 Å². The standard InChI is InChI=1S/C25H25FN4O3/c26-19-6-8-20(9-7-19)33-24-21-17-30(23(31)16-18-4-2-1-3-5-18)11-10-22(21)27-25(28-24)29-12-14-32-15-13-29/h1-9H,10-17H2. The Balaban J connectivity index is 1.43. The van der Waals surface area contributed by atoms with Gasteiger partial charge in [-0.25, -0.2) is 9.37 Å². The summed E-state index contributed by atoms with van der Waals surface area (Å²) < 4.78 is 24.9. The molecule has 0 saturated carbocycles. The monoisotopic (exact) mass is 448 g/mol. The molecule has 3 aromatic rings. The molecule has 3 heterocycles. The van der Waals surface area contributed by atoms with Crippen molar-refractivity contribution in [3.63, 3.8) is 0 Å². The topological polar surface area (TPSA) is 67.8 Å². The first-order valence-corrected chi connectivity index (χ1v) is 11.1. The summed E-state index contributed by atoms with van der Waals surface area (Å²) in [6.45, 7) is 3.62. The summed E-state index contributed by atoms with van der Waals surface area (Å²) in [6, 6.07) is 15.6. The molecule has 1 aromatic heterocycles. The van der Waals surface area contributed by atoms with Gasteiger partial charge in [0.25, 0.3) is 0 Å². The van der Waals surface area contributed by atoms with Gasteiger partial charge in [-0.05, 0) is 29.8 Å². The minimum Gasteiger partial charge on any atom is -0.438 e. The van der Waals surface area contributed by atoms with Gasteiger partial charge in [0.05, 0.1) is 37.4 Å². The molecule has 8 heteroatoms. The molecule has 2 aromatic carbocycles. The molecule has 0 atom stereocenters. The third kappa shape index (κ3) is 4.96. The van der Waals surface area contributed by atoms with Gasteiger partial charge in [-0.3, -0.25) is 4.79 Å². The van der Waals surface area contributed by atoms with E-state index in [0.717, 1.165) is 16.8 Å². The number of fused-ring (bicyclic) bond motifs is 1. The van der Waals surface area contributed by atoms with Crippen LogP contribution < -0.4 is 9.64 Å². The van der Waals surface area contributed by atoms with Gasteiger partial charge in [0, 0.05) is 26.1 Å². The van der Waals surface area contributed by atoms with Crippen molar-refractivity contribution in [2.75, 3.05) is 37.7 Å². The average molecular weight is 448 g/mol. The zero-order chi connectivity index (χ0) is 22.6. The van der Waals surface area contributed by atoms with Crippen molar-refractivity contribution >= 4 is 11.9 Å². The first-order chi connectivity index (χ1) is 16.2. The molecule has 0 spiro atoms. The summed E-state index contributed by atoms with van der Waals surface area (Å²) >= 11 is 0. The third-order valence-electron chi connectivity index (χ3n) is 5.88. The quantitative estimate of drug-likeness (QED) is 0.596. The lowest BCUT2D eigenvalue weighted by molar-refractivity contribution is -0.131. The number of anilines is 1. The average Bonchev–Trinajstić information content (AvgIpc) is 2.86. The second-order valence-electron chi connectivity index (χ2n) is 8.14. The number of nitrogens with zero attached hydrogens (tertiary/aromatic N) is 4. The van der Waals surface area contributed by atoms with Crippen LogP contribution in [0.25, 0.3) is 0 Å². The summed E-state index contributed by atoms with van der Waals surface area (Å²) in [7, 11) is 0. The number of carbonyl (C=O) groups is 1. The van der Waals surface area contributed by atoms with E-state index in [1.54, 1.807) is 12.1 Å². The van der Waals surface area contributed by atoms with Gasteiger partial charge in [0.1, 0.15) is 11.6 Å². The smallest absolute Gasteiger partial charge is 0.229 e. The predicted octanol–water partition coefficient (Wildman–Crippen LogP) is 3.37. The molecule has 2 aliphatic rings. The lowest BCUT2D eigenvalue weighted by Gasteiger charge is -2.32. The number of hydrogen-bond acceptors (Lipinski definition) is 6. The Labute approximate surface area is 191 Å². The molecule has 5 rings (SSSR count). The number of ether oxygens (including phenoxy) is 2. The molecule has 1 fully saturated rings. The van der Waals surface area contributed by atoms with Crippen molar-refractivity contribution < 1.29 is 18.7 Å². The molecule has 1 saturated heterocycles. The Morgan fingerprint density at radius 2 is 1.76 bits per heavy atom. The maximum atomic E-state index is 13.4. The molecule has 0 radical (unpaired) electrons. The summed E-state index contributed by atoms with van der Waals surface area (Å²) in [5, 5.41) is 0. The van der Waals surface area contributed by atoms with Crippen LogP contribution in [-0.2, 0) is 28.9 Å². The molecule has 0 unspecified atom stereocenters. The molecule has 0 N–H and O–H groups in total. The fourth-order valence-electron chi connectivity index (χ4n) is 4.07. The fourth-order valence-corrected chi connectivity index (χ4v) is 4.07. The number of amides is 1. The van der Waals surface area contributed by atoms with Crippen LogP contribution in [0, 0.1) is 5.82 Å². The molecule has 7 nitrogen and oxygen atoms in total. The molecule has 33 heavy (non-hydrogen) atoms. The third-order valence-corrected chi connectivity index (χ3v) is 5.88. The minimum absolute atomic E-state index is 0.0526. The first-order valence-electron chi connectivity index (χ1n) is 11.1. The molecule has 0 bridgehead atoms. The van der Waals surface area contributed by atoms with E-state index in [4.69, 9.17) is 19.4 Å². The van der Waals surface area contributed by atoms with Gasteiger partial charge in [-0.1, -0.05) is 30.3 Å². The van der Waals surface area contributed by atoms with Crippen LogP contribution in [0.3, 0.4) is 0 Å². The molecule has 170 valence electrons. The highest BCUT2D eigenvalue weighted by atomic mass is 19.1.